The van der Waals surface area contributed by atoms with E-state index in [4.69, 9.17) is 0 Å². The van der Waals surface area contributed by atoms with E-state index in [1.165, 1.54) is 38.3 Å². The van der Waals surface area contributed by atoms with Gasteiger partial charge in [-0.15, -0.1) is 11.8 Å². The molecule has 1 unspecified atom stereocenters. The van der Waals surface area contributed by atoms with Gasteiger partial charge in [0.25, 0.3) is 0 Å². The first kappa shape index (κ1) is 23.0. The summed E-state index contributed by atoms with van der Waals surface area (Å²) in [6.45, 7) is 13.4. The van der Waals surface area contributed by atoms with Crippen LogP contribution in [0, 0.1) is 11.7 Å². The Balaban J connectivity index is 1.55. The second-order valence-electron chi connectivity index (χ2n) is 7.38. The Morgan fingerprint density at radius 1 is 1.14 bits per heavy atom. The van der Waals surface area contributed by atoms with Crippen LogP contribution in [0.2, 0.25) is 0 Å². The number of rotatable bonds is 10. The summed E-state index contributed by atoms with van der Waals surface area (Å²) in [5.41, 5.74) is 0. The number of nitrogens with one attached hydrogen (secondary N) is 2. The van der Waals surface area contributed by atoms with Crippen LogP contribution in [0.3, 0.4) is 0 Å². The molecule has 158 valence electrons. The Morgan fingerprint density at radius 3 is 2.46 bits per heavy atom. The average Bonchev–Trinajstić information content (AvgIpc) is 2.72. The van der Waals surface area contributed by atoms with Gasteiger partial charge in [0.1, 0.15) is 5.82 Å². The van der Waals surface area contributed by atoms with E-state index in [-0.39, 0.29) is 5.82 Å². The molecule has 7 heteroatoms. The van der Waals surface area contributed by atoms with Crippen LogP contribution in [-0.2, 0) is 0 Å². The summed E-state index contributed by atoms with van der Waals surface area (Å²) in [4.78, 5) is 10.5. The molecule has 0 aromatic heterocycles. The van der Waals surface area contributed by atoms with Crippen LogP contribution in [-0.4, -0.2) is 80.9 Å². The summed E-state index contributed by atoms with van der Waals surface area (Å²) in [6.07, 6.45) is 1.03. The molecule has 0 radical (unpaired) electrons. The van der Waals surface area contributed by atoms with Crippen molar-refractivity contribution in [3.05, 3.63) is 30.1 Å². The first-order valence-electron chi connectivity index (χ1n) is 10.4. The van der Waals surface area contributed by atoms with E-state index < -0.39 is 0 Å². The van der Waals surface area contributed by atoms with Crippen molar-refractivity contribution in [3.8, 4) is 0 Å². The summed E-state index contributed by atoms with van der Waals surface area (Å²) in [6, 6.07) is 6.68. The number of thioether (sulfide) groups is 1. The Bertz CT molecular complexity index is 573. The van der Waals surface area contributed by atoms with Gasteiger partial charge in [-0.1, -0.05) is 13.8 Å². The second kappa shape index (κ2) is 13.0. The standard InChI is InChI=1S/C21H36FN5S/c1-4-26-11-13-27(14-12-26)17-18(2)16-25-21(23-3)24-10-5-15-28-20-8-6-19(22)7-9-20/h6-9,18H,4-5,10-17H2,1-3H3,(H2,23,24,25). The van der Waals surface area contributed by atoms with Gasteiger partial charge < -0.3 is 20.4 Å². The fourth-order valence-corrected chi connectivity index (χ4v) is 4.14. The Labute approximate surface area is 174 Å². The zero-order valence-corrected chi connectivity index (χ0v) is 18.4. The lowest BCUT2D eigenvalue weighted by atomic mass is 10.1. The van der Waals surface area contributed by atoms with E-state index >= 15 is 0 Å². The fraction of sp³-hybridized carbons (Fsp3) is 0.667. The maximum Gasteiger partial charge on any atom is 0.190 e. The monoisotopic (exact) mass is 409 g/mol. The third-order valence-corrected chi connectivity index (χ3v) is 6.12. The highest BCUT2D eigenvalue weighted by Crippen LogP contribution is 2.18. The molecule has 1 atom stereocenters. The quantitative estimate of drug-likeness (QED) is 0.269. The molecule has 1 aliphatic heterocycles. The number of benzene rings is 1. The van der Waals surface area contributed by atoms with Gasteiger partial charge >= 0.3 is 0 Å². The van der Waals surface area contributed by atoms with Crippen LogP contribution < -0.4 is 10.6 Å². The SMILES string of the molecule is CCN1CCN(CC(C)CNC(=NC)NCCCSc2ccc(F)cc2)CC1. The van der Waals surface area contributed by atoms with Crippen molar-refractivity contribution in [2.75, 3.05) is 65.2 Å². The smallest absolute Gasteiger partial charge is 0.190 e. The van der Waals surface area contributed by atoms with Gasteiger partial charge in [0.2, 0.25) is 0 Å². The fourth-order valence-electron chi connectivity index (χ4n) is 3.28. The Kier molecular flexibility index (Phi) is 10.7. The lowest BCUT2D eigenvalue weighted by molar-refractivity contribution is 0.124. The predicted octanol–water partition coefficient (Wildman–Crippen LogP) is 2.75. The van der Waals surface area contributed by atoms with Gasteiger partial charge in [-0.05, 0) is 48.9 Å². The van der Waals surface area contributed by atoms with Crippen LogP contribution in [0.4, 0.5) is 4.39 Å². The molecule has 0 bridgehead atoms. The van der Waals surface area contributed by atoms with Crippen LogP contribution in [0.5, 0.6) is 0 Å². The highest BCUT2D eigenvalue weighted by Gasteiger charge is 2.17. The molecule has 2 rings (SSSR count). The lowest BCUT2D eigenvalue weighted by Gasteiger charge is -2.35. The van der Waals surface area contributed by atoms with Gasteiger partial charge in [0, 0.05) is 57.8 Å². The number of hydrogen-bond donors (Lipinski definition) is 2. The van der Waals surface area contributed by atoms with E-state index in [9.17, 15) is 4.39 Å². The van der Waals surface area contributed by atoms with E-state index in [2.05, 4.69) is 39.3 Å². The third kappa shape index (κ3) is 8.80. The number of piperazine rings is 1. The van der Waals surface area contributed by atoms with Gasteiger partial charge in [-0.2, -0.15) is 0 Å². The molecule has 1 aliphatic rings. The van der Waals surface area contributed by atoms with Crippen LogP contribution in [0.15, 0.2) is 34.2 Å². The van der Waals surface area contributed by atoms with Crippen molar-refractivity contribution >= 4 is 17.7 Å². The number of likely N-dealkylation sites (N-methyl/N-ethyl adjacent to an activating group) is 1. The van der Waals surface area contributed by atoms with E-state index in [0.717, 1.165) is 49.2 Å². The van der Waals surface area contributed by atoms with Crippen molar-refractivity contribution in [1.82, 2.24) is 20.4 Å². The predicted molar refractivity (Wildman–Crippen MR) is 119 cm³/mol. The molecular formula is C21H36FN5S. The zero-order valence-electron chi connectivity index (χ0n) is 17.6. The maximum atomic E-state index is 12.9. The largest absolute Gasteiger partial charge is 0.356 e. The van der Waals surface area contributed by atoms with Crippen molar-refractivity contribution in [3.63, 3.8) is 0 Å². The molecule has 0 spiro atoms. The first-order valence-corrected chi connectivity index (χ1v) is 11.4. The number of hydrogen-bond acceptors (Lipinski definition) is 4. The highest BCUT2D eigenvalue weighted by molar-refractivity contribution is 7.99. The highest BCUT2D eigenvalue weighted by atomic mass is 32.2. The summed E-state index contributed by atoms with van der Waals surface area (Å²) >= 11 is 1.75. The van der Waals surface area contributed by atoms with Crippen molar-refractivity contribution in [2.24, 2.45) is 10.9 Å². The van der Waals surface area contributed by atoms with E-state index in [0.29, 0.717) is 5.92 Å². The topological polar surface area (TPSA) is 42.9 Å². The van der Waals surface area contributed by atoms with E-state index in [1.807, 2.05) is 19.2 Å². The number of guanidine groups is 1. The summed E-state index contributed by atoms with van der Waals surface area (Å²) in [5.74, 6) is 2.27. The maximum absolute atomic E-state index is 12.9. The van der Waals surface area contributed by atoms with Crippen molar-refractivity contribution in [2.45, 2.75) is 25.2 Å². The molecule has 0 amide bonds. The molecule has 1 heterocycles. The second-order valence-corrected chi connectivity index (χ2v) is 8.54. The van der Waals surface area contributed by atoms with Gasteiger partial charge in [-0.25, -0.2) is 4.39 Å². The zero-order chi connectivity index (χ0) is 20.2. The van der Waals surface area contributed by atoms with Gasteiger partial charge in [0.15, 0.2) is 5.96 Å². The number of nitrogens with zero attached hydrogens (tertiary/aromatic N) is 3. The molecule has 1 fully saturated rings. The van der Waals surface area contributed by atoms with Crippen molar-refractivity contribution < 1.29 is 4.39 Å². The summed E-state index contributed by atoms with van der Waals surface area (Å²) in [7, 11) is 1.82. The minimum atomic E-state index is -0.182. The van der Waals surface area contributed by atoms with Crippen LogP contribution >= 0.6 is 11.8 Å². The average molecular weight is 410 g/mol. The molecule has 1 aromatic carbocycles. The molecule has 2 N–H and O–H groups in total. The number of aliphatic imine (C=N–C) groups is 1. The molecule has 5 nitrogen and oxygen atoms in total. The Hall–Kier alpha value is -1.31. The third-order valence-electron chi connectivity index (χ3n) is 5.02. The molecule has 1 aromatic rings. The normalized spacial score (nSPS) is 17.5. The van der Waals surface area contributed by atoms with E-state index in [1.54, 1.807) is 11.8 Å². The van der Waals surface area contributed by atoms with Crippen molar-refractivity contribution in [1.29, 1.82) is 0 Å². The molecule has 0 saturated carbocycles. The number of halogens is 1. The van der Waals surface area contributed by atoms with Crippen LogP contribution in [0.1, 0.15) is 20.3 Å². The molecular weight excluding hydrogens is 373 g/mol. The van der Waals surface area contributed by atoms with Gasteiger partial charge in [0.05, 0.1) is 0 Å². The first-order chi connectivity index (χ1) is 13.6. The minimum absolute atomic E-state index is 0.182. The van der Waals surface area contributed by atoms with Gasteiger partial charge in [-0.3, -0.25) is 4.99 Å². The minimum Gasteiger partial charge on any atom is -0.356 e. The summed E-state index contributed by atoms with van der Waals surface area (Å²) in [5, 5.41) is 6.83. The summed E-state index contributed by atoms with van der Waals surface area (Å²) < 4.78 is 12.9. The Morgan fingerprint density at radius 2 is 1.82 bits per heavy atom. The van der Waals surface area contributed by atoms with Crippen LogP contribution in [0.25, 0.3) is 0 Å². The molecule has 1 saturated heterocycles. The molecule has 28 heavy (non-hydrogen) atoms. The lowest BCUT2D eigenvalue weighted by Crippen LogP contribution is -2.48. The molecule has 0 aliphatic carbocycles.